The van der Waals surface area contributed by atoms with Gasteiger partial charge in [-0.05, 0) is 24.0 Å². The number of halogens is 1. The van der Waals surface area contributed by atoms with E-state index in [0.717, 1.165) is 5.56 Å². The smallest absolute Gasteiger partial charge is 0.318 e. The molecule has 8 heteroatoms. The summed E-state index contributed by atoms with van der Waals surface area (Å²) >= 11 is 6.15. The summed E-state index contributed by atoms with van der Waals surface area (Å²) in [6.45, 7) is 5.93. The molecule has 0 spiro atoms. The van der Waals surface area contributed by atoms with Crippen LogP contribution >= 0.6 is 11.6 Å². The molecule has 7 nitrogen and oxygen atoms in total. The minimum absolute atomic E-state index is 0.199. The first-order chi connectivity index (χ1) is 13.4. The number of morpholine rings is 1. The number of hydrogen-bond acceptors (Lipinski definition) is 4. The third kappa shape index (κ3) is 6.70. The summed E-state index contributed by atoms with van der Waals surface area (Å²) in [7, 11) is 0. The van der Waals surface area contributed by atoms with E-state index in [1.165, 1.54) is 0 Å². The summed E-state index contributed by atoms with van der Waals surface area (Å²) in [6.07, 6.45) is 0.778. The van der Waals surface area contributed by atoms with Crippen molar-refractivity contribution in [1.29, 1.82) is 5.26 Å². The van der Waals surface area contributed by atoms with Crippen LogP contribution in [0.5, 0.6) is 0 Å². The van der Waals surface area contributed by atoms with E-state index in [4.69, 9.17) is 16.3 Å². The second-order valence-electron chi connectivity index (χ2n) is 7.22. The van der Waals surface area contributed by atoms with Gasteiger partial charge in [-0.25, -0.2) is 4.79 Å². The molecule has 0 radical (unpaired) electrons. The van der Waals surface area contributed by atoms with Gasteiger partial charge >= 0.3 is 6.03 Å². The molecular formula is C20H27ClN4O3. The molecule has 1 aliphatic rings. The molecule has 1 aromatic carbocycles. The fourth-order valence-corrected chi connectivity index (χ4v) is 3.21. The average molecular weight is 407 g/mol. The Balaban J connectivity index is 2.01. The number of ether oxygens (including phenoxy) is 1. The number of urea groups is 1. The number of carbonyl (C=O) groups excluding carboxylic acids is 2. The molecule has 0 bridgehead atoms. The van der Waals surface area contributed by atoms with Crippen molar-refractivity contribution in [3.8, 4) is 6.07 Å². The Labute approximate surface area is 171 Å². The van der Waals surface area contributed by atoms with E-state index in [1.807, 2.05) is 32.0 Å². The Morgan fingerprint density at radius 2 is 1.93 bits per heavy atom. The van der Waals surface area contributed by atoms with Crippen molar-refractivity contribution in [1.82, 2.24) is 15.5 Å². The number of carbonyl (C=O) groups is 2. The van der Waals surface area contributed by atoms with Gasteiger partial charge in [-0.3, -0.25) is 4.79 Å². The maximum Gasteiger partial charge on any atom is 0.318 e. The number of nitrogens with one attached hydrogen (secondary N) is 2. The van der Waals surface area contributed by atoms with Gasteiger partial charge in [0.15, 0.2) is 0 Å². The van der Waals surface area contributed by atoms with Crippen LogP contribution in [0.4, 0.5) is 4.79 Å². The van der Waals surface area contributed by atoms with Crippen LogP contribution < -0.4 is 10.6 Å². The Hall–Kier alpha value is -2.30. The summed E-state index contributed by atoms with van der Waals surface area (Å²) in [5.74, 6) is -0.168. The quantitative estimate of drug-likeness (QED) is 0.726. The molecule has 1 fully saturated rings. The van der Waals surface area contributed by atoms with Gasteiger partial charge in [0.05, 0.1) is 19.3 Å². The molecule has 1 heterocycles. The highest BCUT2D eigenvalue weighted by atomic mass is 35.5. The molecule has 0 saturated carbocycles. The lowest BCUT2D eigenvalue weighted by Crippen LogP contribution is -2.55. The molecule has 152 valence electrons. The first-order valence-electron chi connectivity index (χ1n) is 9.47. The number of amides is 3. The van der Waals surface area contributed by atoms with E-state index in [-0.39, 0.29) is 17.9 Å². The van der Waals surface area contributed by atoms with E-state index >= 15 is 0 Å². The van der Waals surface area contributed by atoms with E-state index in [0.29, 0.717) is 44.2 Å². The number of nitrogens with zero attached hydrogens (tertiary/aromatic N) is 2. The summed E-state index contributed by atoms with van der Waals surface area (Å²) in [5, 5.41) is 15.6. The predicted molar refractivity (Wildman–Crippen MR) is 107 cm³/mol. The Kier molecular flexibility index (Phi) is 8.55. The molecule has 0 aromatic heterocycles. The monoisotopic (exact) mass is 406 g/mol. The Morgan fingerprint density at radius 3 is 2.54 bits per heavy atom. The lowest BCUT2D eigenvalue weighted by atomic mass is 10.0. The molecule has 1 aromatic rings. The first kappa shape index (κ1) is 22.0. The fourth-order valence-electron chi connectivity index (χ4n) is 2.99. The van der Waals surface area contributed by atoms with Crippen LogP contribution in [0.3, 0.4) is 0 Å². The third-order valence-corrected chi connectivity index (χ3v) is 4.84. The summed E-state index contributed by atoms with van der Waals surface area (Å²) in [6, 6.07) is 7.59. The molecule has 2 rings (SSSR count). The molecule has 2 N–H and O–H groups in total. The van der Waals surface area contributed by atoms with Crippen LogP contribution in [0.2, 0.25) is 5.02 Å². The maximum atomic E-state index is 12.8. The van der Waals surface area contributed by atoms with Crippen molar-refractivity contribution < 1.29 is 14.3 Å². The van der Waals surface area contributed by atoms with Gasteiger partial charge in [0, 0.05) is 24.5 Å². The normalized spacial score (nSPS) is 16.2. The van der Waals surface area contributed by atoms with Gasteiger partial charge in [0.25, 0.3) is 0 Å². The number of nitriles is 1. The van der Waals surface area contributed by atoms with Crippen molar-refractivity contribution in [2.45, 2.75) is 38.8 Å². The first-order valence-corrected chi connectivity index (χ1v) is 9.85. The Morgan fingerprint density at radius 1 is 1.25 bits per heavy atom. The Bertz CT molecular complexity index is 714. The topological polar surface area (TPSA) is 94.5 Å². The fraction of sp³-hybridized carbons (Fsp3) is 0.550. The molecule has 2 unspecified atom stereocenters. The van der Waals surface area contributed by atoms with E-state index in [1.54, 1.807) is 11.0 Å². The maximum absolute atomic E-state index is 12.8. The number of benzene rings is 1. The minimum Gasteiger partial charge on any atom is -0.378 e. The van der Waals surface area contributed by atoms with Crippen molar-refractivity contribution >= 4 is 23.5 Å². The molecule has 28 heavy (non-hydrogen) atoms. The van der Waals surface area contributed by atoms with Crippen molar-refractivity contribution in [3.05, 3.63) is 34.9 Å². The van der Waals surface area contributed by atoms with E-state index in [2.05, 4.69) is 16.7 Å². The summed E-state index contributed by atoms with van der Waals surface area (Å²) in [4.78, 5) is 26.9. The molecule has 0 aliphatic carbocycles. The van der Waals surface area contributed by atoms with Gasteiger partial charge in [0.2, 0.25) is 5.91 Å². The molecule has 2 atom stereocenters. The molecule has 1 aliphatic heterocycles. The zero-order valence-corrected chi connectivity index (χ0v) is 17.0. The van der Waals surface area contributed by atoms with Gasteiger partial charge in [-0.1, -0.05) is 43.6 Å². The van der Waals surface area contributed by atoms with Crippen LogP contribution in [-0.2, 0) is 16.0 Å². The molecular weight excluding hydrogens is 380 g/mol. The zero-order chi connectivity index (χ0) is 20.5. The highest BCUT2D eigenvalue weighted by Gasteiger charge is 2.27. The average Bonchev–Trinajstić information content (AvgIpc) is 2.68. The van der Waals surface area contributed by atoms with Crippen LogP contribution in [0.1, 0.15) is 25.8 Å². The van der Waals surface area contributed by atoms with Crippen molar-refractivity contribution in [2.24, 2.45) is 5.92 Å². The van der Waals surface area contributed by atoms with Gasteiger partial charge in [-0.15, -0.1) is 0 Å². The van der Waals surface area contributed by atoms with Crippen LogP contribution in [0, 0.1) is 17.2 Å². The van der Waals surface area contributed by atoms with Crippen LogP contribution in [0.25, 0.3) is 0 Å². The standard InChI is InChI=1S/C20H27ClN4O3/c1-14(2)11-18(24-20(27)25-7-9-28-10-8-25)19(26)23-16(13-22)12-15-5-3-4-6-17(15)21/h3-6,14,16,18H,7-12H2,1-2H3,(H,23,26)(H,24,27). The highest BCUT2D eigenvalue weighted by molar-refractivity contribution is 6.31. The number of hydrogen-bond donors (Lipinski definition) is 2. The van der Waals surface area contributed by atoms with Gasteiger partial charge in [0.1, 0.15) is 12.1 Å². The third-order valence-electron chi connectivity index (χ3n) is 4.47. The highest BCUT2D eigenvalue weighted by Crippen LogP contribution is 2.17. The van der Waals surface area contributed by atoms with E-state index < -0.39 is 12.1 Å². The molecule has 1 saturated heterocycles. The second-order valence-corrected chi connectivity index (χ2v) is 7.62. The van der Waals surface area contributed by atoms with Crippen LogP contribution in [0.15, 0.2) is 24.3 Å². The molecule has 3 amide bonds. The lowest BCUT2D eigenvalue weighted by Gasteiger charge is -2.29. The van der Waals surface area contributed by atoms with Gasteiger partial charge < -0.3 is 20.3 Å². The largest absolute Gasteiger partial charge is 0.378 e. The van der Waals surface area contributed by atoms with Crippen LogP contribution in [-0.4, -0.2) is 55.2 Å². The minimum atomic E-state index is -0.734. The zero-order valence-electron chi connectivity index (χ0n) is 16.3. The summed E-state index contributed by atoms with van der Waals surface area (Å²) < 4.78 is 5.25. The van der Waals surface area contributed by atoms with Gasteiger partial charge in [-0.2, -0.15) is 5.26 Å². The van der Waals surface area contributed by atoms with E-state index in [9.17, 15) is 14.9 Å². The predicted octanol–water partition coefficient (Wildman–Crippen LogP) is 2.35. The SMILES string of the molecule is CC(C)CC(NC(=O)N1CCOCC1)C(=O)NC(C#N)Cc1ccccc1Cl. The summed E-state index contributed by atoms with van der Waals surface area (Å²) in [5.41, 5.74) is 0.786. The second kappa shape index (κ2) is 10.9. The number of rotatable bonds is 7. The van der Waals surface area contributed by atoms with Crippen molar-refractivity contribution in [3.63, 3.8) is 0 Å². The van der Waals surface area contributed by atoms with Crippen molar-refractivity contribution in [2.75, 3.05) is 26.3 Å². The lowest BCUT2D eigenvalue weighted by molar-refractivity contribution is -0.123.